The Balaban J connectivity index is 3.51. The fraction of sp³-hybridized carbons (Fsp3) is 0.727. The summed E-state index contributed by atoms with van der Waals surface area (Å²) in [5.74, 6) is 0.228. The van der Waals surface area contributed by atoms with Crippen molar-refractivity contribution in [2.24, 2.45) is 5.11 Å². The quantitative estimate of drug-likeness (QED) is 0.215. The van der Waals surface area contributed by atoms with Gasteiger partial charge in [-0.05, 0) is 31.7 Å². The van der Waals surface area contributed by atoms with Gasteiger partial charge < -0.3 is 5.11 Å². The summed E-state index contributed by atoms with van der Waals surface area (Å²) in [4.78, 5) is 14.0. The number of nitrogens with zero attached hydrogens (tertiary/aromatic N) is 3. The fourth-order valence-corrected chi connectivity index (χ4v) is 1.27. The van der Waals surface area contributed by atoms with E-state index in [1.165, 1.54) is 0 Å². The molecule has 1 N–H and O–H groups in total. The van der Waals surface area contributed by atoms with Gasteiger partial charge in [0.2, 0.25) is 0 Å². The van der Waals surface area contributed by atoms with Gasteiger partial charge in [0, 0.05) is 24.3 Å². The molecule has 0 aliphatic rings. The first-order valence-electron chi connectivity index (χ1n) is 5.49. The van der Waals surface area contributed by atoms with Crippen LogP contribution in [0.5, 0.6) is 0 Å². The van der Waals surface area contributed by atoms with Crippen LogP contribution in [0.1, 0.15) is 39.0 Å². The Kier molecular flexibility index (Phi) is 9.36. The molecule has 0 rings (SSSR count). The highest BCUT2D eigenvalue weighted by Gasteiger charge is 2.01. The largest absolute Gasteiger partial charge is 0.392 e. The predicted molar refractivity (Wildman–Crippen MR) is 62.9 cm³/mol. The normalized spacial score (nSPS) is 11.0. The maximum Gasteiger partial charge on any atom is 0.133 e. The van der Waals surface area contributed by atoms with Gasteiger partial charge in [-0.1, -0.05) is 16.8 Å². The Hall–Kier alpha value is -1.32. The first kappa shape index (κ1) is 14.7. The summed E-state index contributed by atoms with van der Waals surface area (Å²) >= 11 is 0. The molecule has 0 saturated heterocycles. The molecular weight excluding hydrogens is 206 g/mol. The molecule has 0 aromatic carbocycles. The number of azide groups is 1. The lowest BCUT2D eigenvalue weighted by molar-refractivity contribution is -0.119. The van der Waals surface area contributed by atoms with Gasteiger partial charge in [-0.25, -0.2) is 0 Å². The van der Waals surface area contributed by atoms with Crippen LogP contribution in [0.4, 0.5) is 0 Å². The van der Waals surface area contributed by atoms with Gasteiger partial charge in [0.1, 0.15) is 5.78 Å². The number of carbonyl (C=O) groups excluding carboxylic acids is 1. The van der Waals surface area contributed by atoms with Crippen molar-refractivity contribution < 1.29 is 9.90 Å². The molecule has 0 aromatic heterocycles. The van der Waals surface area contributed by atoms with E-state index < -0.39 is 0 Å². The third kappa shape index (κ3) is 9.24. The summed E-state index contributed by atoms with van der Waals surface area (Å²) in [6, 6.07) is 0. The van der Waals surface area contributed by atoms with Crippen LogP contribution >= 0.6 is 0 Å². The smallest absolute Gasteiger partial charge is 0.133 e. The van der Waals surface area contributed by atoms with E-state index in [-0.39, 0.29) is 12.4 Å². The average Bonchev–Trinajstić information content (AvgIpc) is 2.26. The molecule has 0 fully saturated rings. The monoisotopic (exact) mass is 225 g/mol. The highest BCUT2D eigenvalue weighted by molar-refractivity contribution is 5.78. The molecule has 0 saturated carbocycles. The number of aliphatic hydroxyl groups is 1. The zero-order valence-electron chi connectivity index (χ0n) is 9.72. The van der Waals surface area contributed by atoms with Crippen LogP contribution < -0.4 is 0 Å². The second kappa shape index (κ2) is 10.2. The van der Waals surface area contributed by atoms with Crippen molar-refractivity contribution in [3.63, 3.8) is 0 Å². The number of hydrogen-bond donors (Lipinski definition) is 1. The first-order valence-corrected chi connectivity index (χ1v) is 5.49. The van der Waals surface area contributed by atoms with Crippen molar-refractivity contribution in [2.45, 2.75) is 39.0 Å². The second-order valence-corrected chi connectivity index (χ2v) is 3.68. The van der Waals surface area contributed by atoms with Crippen molar-refractivity contribution in [1.29, 1.82) is 0 Å². The predicted octanol–water partition coefficient (Wildman–Crippen LogP) is 2.75. The standard InChI is InChI=1S/C11H19N3O2/c1-10(7-9-15)5-6-11(16)4-2-3-8-13-14-12/h7,15H,2-6,8-9H2,1H3/b10-7+. The van der Waals surface area contributed by atoms with E-state index >= 15 is 0 Å². The van der Waals surface area contributed by atoms with Crippen molar-refractivity contribution in [2.75, 3.05) is 13.2 Å². The minimum atomic E-state index is 0.0339. The van der Waals surface area contributed by atoms with Crippen LogP contribution in [0.25, 0.3) is 10.4 Å². The van der Waals surface area contributed by atoms with Crippen molar-refractivity contribution in [3.8, 4) is 0 Å². The molecule has 90 valence electrons. The number of hydrogen-bond acceptors (Lipinski definition) is 3. The van der Waals surface area contributed by atoms with Crippen LogP contribution in [-0.2, 0) is 4.79 Å². The lowest BCUT2D eigenvalue weighted by Crippen LogP contribution is -1.98. The molecule has 0 unspecified atom stereocenters. The van der Waals surface area contributed by atoms with E-state index in [2.05, 4.69) is 10.0 Å². The summed E-state index contributed by atoms with van der Waals surface area (Å²) in [6.07, 6.45) is 5.06. The zero-order chi connectivity index (χ0) is 12.2. The molecule has 0 spiro atoms. The van der Waals surface area contributed by atoms with Crippen LogP contribution in [0, 0.1) is 0 Å². The topological polar surface area (TPSA) is 86.1 Å². The molecule has 5 heteroatoms. The van der Waals surface area contributed by atoms with Crippen LogP contribution in [0.3, 0.4) is 0 Å². The second-order valence-electron chi connectivity index (χ2n) is 3.68. The molecule has 16 heavy (non-hydrogen) atoms. The highest BCUT2D eigenvalue weighted by Crippen LogP contribution is 2.07. The van der Waals surface area contributed by atoms with Gasteiger partial charge in [0.05, 0.1) is 6.61 Å². The molecule has 0 radical (unpaired) electrons. The summed E-state index contributed by atoms with van der Waals surface area (Å²) in [6.45, 7) is 2.41. The number of carbonyl (C=O) groups is 1. The van der Waals surface area contributed by atoms with Gasteiger partial charge in [0.15, 0.2) is 0 Å². The number of aliphatic hydroxyl groups excluding tert-OH is 1. The maximum atomic E-state index is 11.4. The third-order valence-electron chi connectivity index (χ3n) is 2.26. The molecule has 5 nitrogen and oxygen atoms in total. The Labute approximate surface area is 95.8 Å². The van der Waals surface area contributed by atoms with E-state index in [0.29, 0.717) is 19.4 Å². The maximum absolute atomic E-state index is 11.4. The van der Waals surface area contributed by atoms with Crippen molar-refractivity contribution in [3.05, 3.63) is 22.1 Å². The summed E-state index contributed by atoms with van der Waals surface area (Å²) in [5.41, 5.74) is 9.08. The van der Waals surface area contributed by atoms with Gasteiger partial charge in [0.25, 0.3) is 0 Å². The highest BCUT2D eigenvalue weighted by atomic mass is 16.2. The number of Topliss-reactive ketones (excluding diaryl/α,β-unsaturated/α-hetero) is 1. The SMILES string of the molecule is C/C(=C\CO)CCC(=O)CCCCN=[N+]=[N-]. The molecule has 0 atom stereocenters. The zero-order valence-corrected chi connectivity index (χ0v) is 9.72. The molecule has 0 aliphatic carbocycles. The molecule has 0 bridgehead atoms. The van der Waals surface area contributed by atoms with Gasteiger partial charge in [-0.2, -0.15) is 0 Å². The van der Waals surface area contributed by atoms with Crippen molar-refractivity contribution in [1.82, 2.24) is 0 Å². The van der Waals surface area contributed by atoms with Gasteiger partial charge in [-0.15, -0.1) is 0 Å². The van der Waals surface area contributed by atoms with Crippen LogP contribution in [-0.4, -0.2) is 24.0 Å². The number of allylic oxidation sites excluding steroid dienone is 1. The summed E-state index contributed by atoms with van der Waals surface area (Å²) < 4.78 is 0. The summed E-state index contributed by atoms with van der Waals surface area (Å²) in [5, 5.41) is 12.0. The Morgan fingerprint density at radius 2 is 2.12 bits per heavy atom. The molecular formula is C11H19N3O2. The molecule has 0 aromatic rings. The lowest BCUT2D eigenvalue weighted by atomic mass is 10.1. The lowest BCUT2D eigenvalue weighted by Gasteiger charge is -2.01. The van der Waals surface area contributed by atoms with Gasteiger partial charge in [-0.3, -0.25) is 4.79 Å². The Bertz CT molecular complexity index is 281. The minimum absolute atomic E-state index is 0.0339. The van der Waals surface area contributed by atoms with Crippen LogP contribution in [0.2, 0.25) is 0 Å². The average molecular weight is 225 g/mol. The molecule has 0 heterocycles. The van der Waals surface area contributed by atoms with E-state index in [4.69, 9.17) is 10.6 Å². The van der Waals surface area contributed by atoms with E-state index in [0.717, 1.165) is 24.8 Å². The van der Waals surface area contributed by atoms with E-state index in [1.807, 2.05) is 6.92 Å². The number of rotatable bonds is 9. The minimum Gasteiger partial charge on any atom is -0.392 e. The van der Waals surface area contributed by atoms with Crippen LogP contribution in [0.15, 0.2) is 16.8 Å². The fourth-order valence-electron chi connectivity index (χ4n) is 1.27. The Morgan fingerprint density at radius 1 is 1.38 bits per heavy atom. The number of unbranched alkanes of at least 4 members (excludes halogenated alkanes) is 1. The van der Waals surface area contributed by atoms with Gasteiger partial charge >= 0.3 is 0 Å². The van der Waals surface area contributed by atoms with E-state index in [1.54, 1.807) is 6.08 Å². The third-order valence-corrected chi connectivity index (χ3v) is 2.26. The van der Waals surface area contributed by atoms with Crippen molar-refractivity contribution >= 4 is 5.78 Å². The Morgan fingerprint density at radius 3 is 2.75 bits per heavy atom. The summed E-state index contributed by atoms with van der Waals surface area (Å²) in [7, 11) is 0. The molecule has 0 amide bonds. The molecule has 0 aliphatic heterocycles. The first-order chi connectivity index (χ1) is 7.70. The number of ketones is 1. The van der Waals surface area contributed by atoms with E-state index in [9.17, 15) is 4.79 Å².